The lowest BCUT2D eigenvalue weighted by Gasteiger charge is -1.95. The molecule has 2 rings (SSSR count). The highest BCUT2D eigenvalue weighted by Crippen LogP contribution is 2.32. The van der Waals surface area contributed by atoms with E-state index in [-0.39, 0.29) is 0 Å². The van der Waals surface area contributed by atoms with Gasteiger partial charge in [-0.1, -0.05) is 23.7 Å². The first-order chi connectivity index (χ1) is 7.70. The molecule has 1 aromatic heterocycles. The fourth-order valence-corrected chi connectivity index (χ4v) is 3.25. The minimum Gasteiger partial charge on any atom is -0.330 e. The van der Waals surface area contributed by atoms with Crippen molar-refractivity contribution >= 4 is 38.9 Å². The number of nitrogens with two attached hydrogens (primary N) is 1. The molecule has 1 heterocycles. The summed E-state index contributed by atoms with van der Waals surface area (Å²) in [5.74, 6) is 0. The van der Waals surface area contributed by atoms with E-state index in [0.29, 0.717) is 6.54 Å². The number of nitrogens with zero attached hydrogens (tertiary/aromatic N) is 1. The molecule has 0 saturated heterocycles. The van der Waals surface area contributed by atoms with Gasteiger partial charge in [-0.3, -0.25) is 0 Å². The predicted molar refractivity (Wildman–Crippen MR) is 73.0 cm³/mol. The highest BCUT2D eigenvalue weighted by molar-refractivity contribution is 9.10. The summed E-state index contributed by atoms with van der Waals surface area (Å²) in [6.45, 7) is 0.635. The number of benzene rings is 1. The van der Waals surface area contributed by atoms with Gasteiger partial charge in [0.05, 0.1) is 0 Å². The van der Waals surface area contributed by atoms with Crippen molar-refractivity contribution in [3.63, 3.8) is 0 Å². The lowest BCUT2D eigenvalue weighted by atomic mass is 10.2. The third-order valence-electron chi connectivity index (χ3n) is 2.09. The molecule has 0 fully saturated rings. The number of aromatic nitrogens is 1. The van der Waals surface area contributed by atoms with Crippen LogP contribution in [0.1, 0.15) is 4.88 Å². The van der Waals surface area contributed by atoms with Crippen LogP contribution in [0.3, 0.4) is 0 Å². The van der Waals surface area contributed by atoms with Crippen LogP contribution in [0.15, 0.2) is 28.9 Å². The Morgan fingerprint density at radius 3 is 2.94 bits per heavy atom. The van der Waals surface area contributed by atoms with Gasteiger partial charge < -0.3 is 5.73 Å². The minimum absolute atomic E-state index is 0.635. The van der Waals surface area contributed by atoms with Crippen LogP contribution in [0.4, 0.5) is 0 Å². The van der Waals surface area contributed by atoms with Gasteiger partial charge in [0.15, 0.2) is 0 Å². The monoisotopic (exact) mass is 316 g/mol. The summed E-state index contributed by atoms with van der Waals surface area (Å²) in [6.07, 6.45) is 0.846. The van der Waals surface area contributed by atoms with Gasteiger partial charge >= 0.3 is 0 Å². The number of rotatable bonds is 3. The van der Waals surface area contributed by atoms with Crippen LogP contribution < -0.4 is 5.73 Å². The fraction of sp³-hybridized carbons (Fsp3) is 0.182. The normalized spacial score (nSPS) is 10.7. The van der Waals surface area contributed by atoms with Crippen molar-refractivity contribution in [1.82, 2.24) is 4.98 Å². The molecule has 0 aliphatic carbocycles. The molecule has 0 amide bonds. The topological polar surface area (TPSA) is 38.9 Å². The molecule has 2 aromatic rings. The molecule has 0 aliphatic heterocycles. The van der Waals surface area contributed by atoms with E-state index in [1.54, 1.807) is 11.3 Å². The first-order valence-corrected chi connectivity index (χ1v) is 6.80. The Hall–Kier alpha value is -0.420. The molecule has 0 radical (unpaired) electrons. The Balaban J connectivity index is 2.37. The average Bonchev–Trinajstić information content (AvgIpc) is 2.61. The van der Waals surface area contributed by atoms with Gasteiger partial charge in [-0.2, -0.15) is 0 Å². The van der Waals surface area contributed by atoms with Crippen molar-refractivity contribution in [2.24, 2.45) is 5.73 Å². The van der Waals surface area contributed by atoms with Crippen LogP contribution in [0.25, 0.3) is 10.6 Å². The Morgan fingerprint density at radius 1 is 1.44 bits per heavy atom. The van der Waals surface area contributed by atoms with Crippen molar-refractivity contribution in [1.29, 1.82) is 0 Å². The first kappa shape index (κ1) is 12.0. The highest BCUT2D eigenvalue weighted by Gasteiger charge is 2.09. The van der Waals surface area contributed by atoms with Crippen molar-refractivity contribution in [3.8, 4) is 10.6 Å². The van der Waals surface area contributed by atoms with Crippen LogP contribution in [0, 0.1) is 0 Å². The van der Waals surface area contributed by atoms with Crippen LogP contribution >= 0.6 is 38.9 Å². The van der Waals surface area contributed by atoms with E-state index in [0.717, 1.165) is 26.6 Å². The standard InChI is InChI=1S/C11H10BrClN2S/c12-10-9(4-5-14)16-11(15-10)7-2-1-3-8(13)6-7/h1-3,6H,4-5,14H2. The summed E-state index contributed by atoms with van der Waals surface area (Å²) in [6, 6.07) is 7.70. The van der Waals surface area contributed by atoms with E-state index in [4.69, 9.17) is 17.3 Å². The molecule has 2 nitrogen and oxygen atoms in total. The van der Waals surface area contributed by atoms with E-state index < -0.39 is 0 Å². The van der Waals surface area contributed by atoms with E-state index in [2.05, 4.69) is 20.9 Å². The maximum atomic E-state index is 5.95. The molecule has 0 unspecified atom stereocenters. The Bertz CT molecular complexity index is 498. The number of thiazole rings is 1. The summed E-state index contributed by atoms with van der Waals surface area (Å²) in [4.78, 5) is 5.64. The van der Waals surface area contributed by atoms with E-state index in [1.165, 1.54) is 4.88 Å². The molecule has 1 aromatic carbocycles. The Morgan fingerprint density at radius 2 is 2.25 bits per heavy atom. The summed E-state index contributed by atoms with van der Waals surface area (Å²) < 4.78 is 0.887. The molecule has 84 valence electrons. The molecule has 0 spiro atoms. The van der Waals surface area contributed by atoms with Crippen molar-refractivity contribution in [2.75, 3.05) is 6.54 Å². The zero-order valence-electron chi connectivity index (χ0n) is 8.41. The second-order valence-corrected chi connectivity index (χ2v) is 5.55. The maximum absolute atomic E-state index is 5.95. The van der Waals surface area contributed by atoms with Crippen molar-refractivity contribution in [3.05, 3.63) is 38.8 Å². The Kier molecular flexibility index (Phi) is 3.97. The van der Waals surface area contributed by atoms with Gasteiger partial charge in [-0.25, -0.2) is 4.98 Å². The number of hydrogen-bond acceptors (Lipinski definition) is 3. The summed E-state index contributed by atoms with van der Waals surface area (Å²) in [5.41, 5.74) is 6.58. The van der Waals surface area contributed by atoms with Crippen molar-refractivity contribution < 1.29 is 0 Å². The molecular formula is C11H10BrClN2S. The molecule has 0 saturated carbocycles. The first-order valence-electron chi connectivity index (χ1n) is 4.82. The third-order valence-corrected chi connectivity index (χ3v) is 4.41. The van der Waals surface area contributed by atoms with Gasteiger partial charge in [-0.05, 0) is 41.0 Å². The van der Waals surface area contributed by atoms with Crippen LogP contribution in [-0.4, -0.2) is 11.5 Å². The van der Waals surface area contributed by atoms with Crippen LogP contribution in [-0.2, 0) is 6.42 Å². The van der Waals surface area contributed by atoms with Gasteiger partial charge in [0, 0.05) is 15.5 Å². The molecule has 0 bridgehead atoms. The predicted octanol–water partition coefficient (Wildman–Crippen LogP) is 3.73. The number of hydrogen-bond donors (Lipinski definition) is 1. The van der Waals surface area contributed by atoms with Gasteiger partial charge in [-0.15, -0.1) is 11.3 Å². The largest absolute Gasteiger partial charge is 0.330 e. The van der Waals surface area contributed by atoms with E-state index >= 15 is 0 Å². The summed E-state index contributed by atoms with van der Waals surface area (Å²) in [7, 11) is 0. The minimum atomic E-state index is 0.635. The smallest absolute Gasteiger partial charge is 0.124 e. The van der Waals surface area contributed by atoms with Gasteiger partial charge in [0.1, 0.15) is 9.61 Å². The molecule has 0 atom stereocenters. The molecular weight excluding hydrogens is 308 g/mol. The lowest BCUT2D eigenvalue weighted by molar-refractivity contribution is 0.977. The van der Waals surface area contributed by atoms with E-state index in [9.17, 15) is 0 Å². The fourth-order valence-electron chi connectivity index (χ4n) is 1.36. The molecule has 2 N–H and O–H groups in total. The molecule has 16 heavy (non-hydrogen) atoms. The van der Waals surface area contributed by atoms with Crippen molar-refractivity contribution in [2.45, 2.75) is 6.42 Å². The maximum Gasteiger partial charge on any atom is 0.124 e. The quantitative estimate of drug-likeness (QED) is 0.937. The second-order valence-electron chi connectivity index (χ2n) is 3.28. The van der Waals surface area contributed by atoms with Gasteiger partial charge in [0.2, 0.25) is 0 Å². The van der Waals surface area contributed by atoms with Crippen LogP contribution in [0.5, 0.6) is 0 Å². The lowest BCUT2D eigenvalue weighted by Crippen LogP contribution is -2.01. The van der Waals surface area contributed by atoms with Crippen LogP contribution in [0.2, 0.25) is 5.02 Å². The Labute approximate surface area is 112 Å². The summed E-state index contributed by atoms with van der Waals surface area (Å²) >= 11 is 11.0. The van der Waals surface area contributed by atoms with Gasteiger partial charge in [0.25, 0.3) is 0 Å². The zero-order chi connectivity index (χ0) is 11.5. The third kappa shape index (κ3) is 2.63. The summed E-state index contributed by atoms with van der Waals surface area (Å²) in [5, 5.41) is 1.70. The number of halogens is 2. The second kappa shape index (κ2) is 5.27. The highest BCUT2D eigenvalue weighted by atomic mass is 79.9. The van der Waals surface area contributed by atoms with E-state index in [1.807, 2.05) is 24.3 Å². The molecule has 0 aliphatic rings. The molecule has 5 heteroatoms. The zero-order valence-corrected chi connectivity index (χ0v) is 11.6. The average molecular weight is 318 g/mol. The SMILES string of the molecule is NCCc1sc(-c2cccc(Cl)c2)nc1Br.